The molecule has 0 saturated heterocycles. The largest absolute Gasteiger partial charge is 0.411 e. The van der Waals surface area contributed by atoms with Crippen molar-refractivity contribution in [3.63, 3.8) is 0 Å². The van der Waals surface area contributed by atoms with Crippen LogP contribution in [0.1, 0.15) is 17.8 Å². The van der Waals surface area contributed by atoms with Crippen LogP contribution in [0.2, 0.25) is 0 Å². The van der Waals surface area contributed by atoms with Gasteiger partial charge in [0.25, 0.3) is 0 Å². The van der Waals surface area contributed by atoms with E-state index in [1.54, 1.807) is 0 Å². The summed E-state index contributed by atoms with van der Waals surface area (Å²) in [5.41, 5.74) is 5.34. The zero-order valence-electron chi connectivity index (χ0n) is 8.07. The highest BCUT2D eigenvalue weighted by Gasteiger charge is 2.27. The normalized spacial score (nSPS) is 14.1. The second-order valence-corrected chi connectivity index (χ2v) is 2.95. The van der Waals surface area contributed by atoms with Gasteiger partial charge < -0.3 is 20.1 Å². The average Bonchev–Trinajstić information content (AvgIpc) is 2.63. The maximum Gasteiger partial charge on any atom is 0.411 e. The van der Waals surface area contributed by atoms with Gasteiger partial charge in [0.1, 0.15) is 19.3 Å². The summed E-state index contributed by atoms with van der Waals surface area (Å²) >= 11 is 0. The molecule has 0 aliphatic heterocycles. The van der Waals surface area contributed by atoms with Gasteiger partial charge in [-0.05, 0) is 0 Å². The fraction of sp³-hybridized carbons (Fsp3) is 0.714. The summed E-state index contributed by atoms with van der Waals surface area (Å²) in [6.07, 6.45) is -4.39. The molecule has 0 radical (unpaired) electrons. The van der Waals surface area contributed by atoms with Crippen LogP contribution in [0.3, 0.4) is 0 Å². The van der Waals surface area contributed by atoms with Gasteiger partial charge in [-0.25, -0.2) is 0 Å². The third-order valence-corrected chi connectivity index (χ3v) is 1.49. The van der Waals surface area contributed by atoms with Gasteiger partial charge in [-0.3, -0.25) is 0 Å². The molecule has 3 N–H and O–H groups in total. The van der Waals surface area contributed by atoms with Crippen molar-refractivity contribution in [2.45, 2.75) is 18.8 Å². The molecular formula is C7H10F3N3O3. The monoisotopic (exact) mass is 241 g/mol. The van der Waals surface area contributed by atoms with Crippen LogP contribution in [0, 0.1) is 0 Å². The number of aliphatic hydroxyl groups is 1. The Kier molecular flexibility index (Phi) is 4.21. The first-order valence-corrected chi connectivity index (χ1v) is 4.26. The first-order valence-electron chi connectivity index (χ1n) is 4.26. The molecule has 16 heavy (non-hydrogen) atoms. The first-order chi connectivity index (χ1) is 7.42. The molecule has 1 rings (SSSR count). The number of nitrogens with zero attached hydrogens (tertiary/aromatic N) is 2. The number of nitrogens with two attached hydrogens (primary N) is 1. The first kappa shape index (κ1) is 12.9. The molecule has 0 amide bonds. The van der Waals surface area contributed by atoms with Gasteiger partial charge in [-0.2, -0.15) is 18.2 Å². The molecule has 1 atom stereocenters. The Bertz CT molecular complexity index is 328. The molecule has 6 nitrogen and oxygen atoms in total. The SMILES string of the molecule is NC(CO)c1nc(COCC(F)(F)F)no1. The fourth-order valence-corrected chi connectivity index (χ4v) is 0.813. The number of hydrogen-bond donors (Lipinski definition) is 2. The molecule has 0 saturated carbocycles. The Morgan fingerprint density at radius 2 is 2.19 bits per heavy atom. The van der Waals surface area contributed by atoms with Crippen molar-refractivity contribution in [2.75, 3.05) is 13.2 Å². The number of halogens is 3. The second kappa shape index (κ2) is 5.23. The lowest BCUT2D eigenvalue weighted by atomic mass is 10.3. The van der Waals surface area contributed by atoms with Crippen LogP contribution in [0.4, 0.5) is 13.2 Å². The lowest BCUT2D eigenvalue weighted by molar-refractivity contribution is -0.177. The smallest absolute Gasteiger partial charge is 0.394 e. The van der Waals surface area contributed by atoms with E-state index in [1.807, 2.05) is 0 Å². The van der Waals surface area contributed by atoms with Crippen LogP contribution in [-0.2, 0) is 11.3 Å². The molecule has 0 fully saturated rings. The van der Waals surface area contributed by atoms with E-state index in [0.717, 1.165) is 0 Å². The molecule has 1 aromatic rings. The van der Waals surface area contributed by atoms with Crippen molar-refractivity contribution in [3.05, 3.63) is 11.7 Å². The van der Waals surface area contributed by atoms with Gasteiger partial charge in [-0.15, -0.1) is 0 Å². The minimum atomic E-state index is -4.39. The summed E-state index contributed by atoms with van der Waals surface area (Å²) in [7, 11) is 0. The molecule has 0 bridgehead atoms. The zero-order valence-corrected chi connectivity index (χ0v) is 8.07. The summed E-state index contributed by atoms with van der Waals surface area (Å²) in [4.78, 5) is 3.65. The highest BCUT2D eigenvalue weighted by atomic mass is 19.4. The van der Waals surface area contributed by atoms with Crippen LogP contribution >= 0.6 is 0 Å². The van der Waals surface area contributed by atoms with Gasteiger partial charge >= 0.3 is 6.18 Å². The van der Waals surface area contributed by atoms with Crippen LogP contribution in [-0.4, -0.2) is 34.6 Å². The van der Waals surface area contributed by atoms with Gasteiger partial charge in [0.05, 0.1) is 6.61 Å². The van der Waals surface area contributed by atoms with E-state index in [9.17, 15) is 13.2 Å². The minimum absolute atomic E-state index is 0.0480. The summed E-state index contributed by atoms with van der Waals surface area (Å²) < 4.78 is 44.0. The third kappa shape index (κ3) is 4.13. The molecule has 92 valence electrons. The van der Waals surface area contributed by atoms with Crippen LogP contribution in [0.5, 0.6) is 0 Å². The number of aliphatic hydroxyl groups excluding tert-OH is 1. The molecule has 0 aliphatic carbocycles. The van der Waals surface area contributed by atoms with E-state index in [0.29, 0.717) is 0 Å². The summed E-state index contributed by atoms with van der Waals surface area (Å²) in [6.45, 7) is -2.21. The second-order valence-electron chi connectivity index (χ2n) is 2.95. The van der Waals surface area contributed by atoms with Crippen molar-refractivity contribution in [1.82, 2.24) is 10.1 Å². The molecule has 1 aromatic heterocycles. The molecule has 0 aromatic carbocycles. The van der Waals surface area contributed by atoms with Gasteiger partial charge in [0.2, 0.25) is 5.89 Å². The number of rotatable bonds is 5. The Hall–Kier alpha value is -1.19. The van der Waals surface area contributed by atoms with Crippen molar-refractivity contribution in [2.24, 2.45) is 5.73 Å². The van der Waals surface area contributed by atoms with Crippen molar-refractivity contribution < 1.29 is 27.5 Å². The Morgan fingerprint density at radius 1 is 1.50 bits per heavy atom. The van der Waals surface area contributed by atoms with E-state index in [4.69, 9.17) is 10.8 Å². The lowest BCUT2D eigenvalue weighted by Gasteiger charge is -2.04. The summed E-state index contributed by atoms with van der Waals surface area (Å²) in [5.74, 6) is -0.101. The topological polar surface area (TPSA) is 94.4 Å². The average molecular weight is 241 g/mol. The third-order valence-electron chi connectivity index (χ3n) is 1.49. The summed E-state index contributed by atoms with van der Waals surface area (Å²) in [6, 6.07) is -0.844. The van der Waals surface area contributed by atoms with E-state index in [1.165, 1.54) is 0 Å². The molecule has 9 heteroatoms. The maximum atomic E-state index is 11.7. The zero-order chi connectivity index (χ0) is 12.2. The molecule has 0 aliphatic rings. The van der Waals surface area contributed by atoms with Gasteiger partial charge in [0.15, 0.2) is 5.82 Å². The predicted octanol–water partition coefficient (Wildman–Crippen LogP) is 0.141. The summed E-state index contributed by atoms with van der Waals surface area (Å²) in [5, 5.41) is 12.0. The number of alkyl halides is 3. The van der Waals surface area contributed by atoms with Crippen molar-refractivity contribution in [1.29, 1.82) is 0 Å². The van der Waals surface area contributed by atoms with Gasteiger partial charge in [0, 0.05) is 0 Å². The van der Waals surface area contributed by atoms with Crippen molar-refractivity contribution >= 4 is 0 Å². The fourth-order valence-electron chi connectivity index (χ4n) is 0.813. The number of ether oxygens (including phenoxy) is 1. The lowest BCUT2D eigenvalue weighted by Crippen LogP contribution is -2.17. The van der Waals surface area contributed by atoms with E-state index in [-0.39, 0.29) is 11.7 Å². The Labute approximate surface area is 88.2 Å². The molecular weight excluding hydrogens is 231 g/mol. The molecule has 0 spiro atoms. The Morgan fingerprint density at radius 3 is 2.75 bits per heavy atom. The van der Waals surface area contributed by atoms with E-state index in [2.05, 4.69) is 19.4 Å². The van der Waals surface area contributed by atoms with E-state index >= 15 is 0 Å². The quantitative estimate of drug-likeness (QED) is 0.761. The molecule has 1 heterocycles. The predicted molar refractivity (Wildman–Crippen MR) is 44.0 cm³/mol. The van der Waals surface area contributed by atoms with E-state index < -0.39 is 32.0 Å². The molecule has 1 unspecified atom stereocenters. The maximum absolute atomic E-state index is 11.7. The highest BCUT2D eigenvalue weighted by Crippen LogP contribution is 2.15. The Balaban J connectivity index is 2.41. The van der Waals surface area contributed by atoms with Crippen molar-refractivity contribution in [3.8, 4) is 0 Å². The number of hydrogen-bond acceptors (Lipinski definition) is 6. The number of aromatic nitrogens is 2. The van der Waals surface area contributed by atoms with Gasteiger partial charge in [-0.1, -0.05) is 5.16 Å². The van der Waals surface area contributed by atoms with Crippen LogP contribution < -0.4 is 5.73 Å². The highest BCUT2D eigenvalue weighted by molar-refractivity contribution is 4.90. The van der Waals surface area contributed by atoms with Crippen LogP contribution in [0.25, 0.3) is 0 Å². The minimum Gasteiger partial charge on any atom is -0.394 e. The standard InChI is InChI=1S/C7H10F3N3O3/c8-7(9,10)3-15-2-5-12-6(16-13-5)4(11)1-14/h4,14H,1-3,11H2. The van der Waals surface area contributed by atoms with Crippen LogP contribution in [0.15, 0.2) is 4.52 Å².